The van der Waals surface area contributed by atoms with E-state index in [9.17, 15) is 18.0 Å². The lowest BCUT2D eigenvalue weighted by Crippen LogP contribution is -2.32. The van der Waals surface area contributed by atoms with Gasteiger partial charge in [-0.1, -0.05) is 18.7 Å². The van der Waals surface area contributed by atoms with Crippen LogP contribution in [0.1, 0.15) is 33.1 Å². The van der Waals surface area contributed by atoms with Crippen molar-refractivity contribution in [3.8, 4) is 5.75 Å². The SMILES string of the molecule is CC(=O)SCC(=O)C1=CN/C(=N\S(=O)(=O)c2ccc(OCCCN3CCC(N(C)C)C3)cc2)CC1C. The molecule has 9 nitrogen and oxygen atoms in total. The molecule has 0 saturated carbocycles. The second kappa shape index (κ2) is 12.8. The number of allylic oxidation sites excluding steroid dienone is 1. The standard InChI is InChI=1S/C25H36N4O5S2/c1-18-14-25(26-15-23(18)24(31)17-35-19(2)30)27-36(32,33)22-8-6-21(7-9-22)34-13-5-11-29-12-10-20(16-29)28(3)4/h6-9,15,18,20H,5,10-14,16-17H2,1-4H3,(H,26,27). The molecule has 0 aromatic heterocycles. The molecule has 1 aromatic rings. The average molecular weight is 537 g/mol. The van der Waals surface area contributed by atoms with Crippen LogP contribution in [-0.4, -0.2) is 87.1 Å². The molecule has 1 fully saturated rings. The first-order chi connectivity index (χ1) is 17.0. The van der Waals surface area contributed by atoms with Crippen LogP contribution in [0.3, 0.4) is 0 Å². The number of carbonyl (C=O) groups excluding carboxylic acids is 2. The molecule has 2 heterocycles. The van der Waals surface area contributed by atoms with Crippen LogP contribution >= 0.6 is 11.8 Å². The van der Waals surface area contributed by atoms with E-state index in [0.29, 0.717) is 24.0 Å². The highest BCUT2D eigenvalue weighted by Crippen LogP contribution is 2.23. The minimum Gasteiger partial charge on any atom is -0.494 e. The number of rotatable bonds is 11. The van der Waals surface area contributed by atoms with Gasteiger partial charge < -0.3 is 19.9 Å². The highest BCUT2D eigenvalue weighted by molar-refractivity contribution is 8.14. The summed E-state index contributed by atoms with van der Waals surface area (Å²) in [6.07, 6.45) is 3.88. The van der Waals surface area contributed by atoms with E-state index in [4.69, 9.17) is 4.74 Å². The Balaban J connectivity index is 1.50. The topological polar surface area (TPSA) is 108 Å². The van der Waals surface area contributed by atoms with Gasteiger partial charge in [0.05, 0.1) is 17.3 Å². The molecule has 2 unspecified atom stereocenters. The van der Waals surface area contributed by atoms with E-state index in [-0.39, 0.29) is 39.7 Å². The van der Waals surface area contributed by atoms with Crippen LogP contribution in [0.5, 0.6) is 5.75 Å². The summed E-state index contributed by atoms with van der Waals surface area (Å²) in [5.41, 5.74) is 0.531. The van der Waals surface area contributed by atoms with Crippen LogP contribution in [-0.2, 0) is 19.6 Å². The number of carbonyl (C=O) groups is 2. The Hall–Kier alpha value is -2.21. The van der Waals surface area contributed by atoms with E-state index in [1.54, 1.807) is 12.1 Å². The number of Topliss-reactive ketones (excluding diaryl/α,β-unsaturated/α-hetero) is 1. The molecule has 0 aliphatic carbocycles. The number of ether oxygens (including phenoxy) is 1. The number of thioether (sulfide) groups is 1. The predicted molar refractivity (Wildman–Crippen MR) is 143 cm³/mol. The normalized spacial score (nSPS) is 21.9. The van der Waals surface area contributed by atoms with Gasteiger partial charge in [-0.05, 0) is 63.7 Å². The van der Waals surface area contributed by atoms with Crippen molar-refractivity contribution in [3.63, 3.8) is 0 Å². The first-order valence-corrected chi connectivity index (χ1v) is 14.6. The predicted octanol–water partition coefficient (Wildman–Crippen LogP) is 2.54. The van der Waals surface area contributed by atoms with Crippen molar-refractivity contribution in [3.05, 3.63) is 36.0 Å². The number of nitrogens with one attached hydrogen (secondary N) is 1. The third-order valence-corrected chi connectivity index (χ3v) is 8.51. The van der Waals surface area contributed by atoms with Crippen LogP contribution in [0.25, 0.3) is 0 Å². The number of hydrogen-bond acceptors (Lipinski definition) is 8. The zero-order valence-corrected chi connectivity index (χ0v) is 23.0. The monoisotopic (exact) mass is 536 g/mol. The van der Waals surface area contributed by atoms with E-state index in [1.807, 2.05) is 6.92 Å². The number of benzene rings is 1. The summed E-state index contributed by atoms with van der Waals surface area (Å²) in [7, 11) is 0.327. The number of nitrogens with zero attached hydrogens (tertiary/aromatic N) is 3. The third-order valence-electron chi connectivity index (χ3n) is 6.37. The Bertz CT molecular complexity index is 1100. The molecule has 0 bridgehead atoms. The molecular weight excluding hydrogens is 500 g/mol. The molecule has 2 aliphatic heterocycles. The zero-order chi connectivity index (χ0) is 26.3. The summed E-state index contributed by atoms with van der Waals surface area (Å²) in [5, 5.41) is 2.71. The van der Waals surface area contributed by atoms with Crippen LogP contribution in [0, 0.1) is 5.92 Å². The lowest BCUT2D eigenvalue weighted by Gasteiger charge is -2.21. The van der Waals surface area contributed by atoms with Crippen LogP contribution < -0.4 is 10.1 Å². The maximum Gasteiger partial charge on any atom is 0.283 e. The fourth-order valence-electron chi connectivity index (χ4n) is 4.25. The fraction of sp³-hybridized carbons (Fsp3) is 0.560. The number of likely N-dealkylation sites (N-methyl/N-ethyl adjacent to an activating group) is 1. The molecule has 36 heavy (non-hydrogen) atoms. The van der Waals surface area contributed by atoms with Crippen LogP contribution in [0.15, 0.2) is 45.3 Å². The Kier molecular flexibility index (Phi) is 10.1. The summed E-state index contributed by atoms with van der Waals surface area (Å²) in [6.45, 7) is 7.00. The van der Waals surface area contributed by atoms with Crippen molar-refractivity contribution in [2.24, 2.45) is 10.3 Å². The molecule has 2 atom stereocenters. The van der Waals surface area contributed by atoms with Crippen molar-refractivity contribution in [1.29, 1.82) is 0 Å². The number of ketones is 1. The second-order valence-electron chi connectivity index (χ2n) is 9.45. The van der Waals surface area contributed by atoms with Gasteiger partial charge in [-0.25, -0.2) is 0 Å². The smallest absolute Gasteiger partial charge is 0.283 e. The van der Waals surface area contributed by atoms with E-state index < -0.39 is 10.0 Å². The van der Waals surface area contributed by atoms with Crippen LogP contribution in [0.4, 0.5) is 0 Å². The van der Waals surface area contributed by atoms with E-state index >= 15 is 0 Å². The Morgan fingerprint density at radius 2 is 1.97 bits per heavy atom. The third kappa shape index (κ3) is 8.16. The van der Waals surface area contributed by atoms with Gasteiger partial charge in [-0.15, -0.1) is 4.40 Å². The summed E-state index contributed by atoms with van der Waals surface area (Å²) < 4.78 is 35.3. The molecule has 2 aliphatic rings. The van der Waals surface area contributed by atoms with Crippen molar-refractivity contribution < 1.29 is 22.7 Å². The number of hydrogen-bond donors (Lipinski definition) is 1. The van der Waals surface area contributed by atoms with Gasteiger partial charge in [0.2, 0.25) is 0 Å². The van der Waals surface area contributed by atoms with E-state index in [1.165, 1.54) is 31.7 Å². The highest BCUT2D eigenvalue weighted by Gasteiger charge is 2.25. The Morgan fingerprint density at radius 1 is 1.25 bits per heavy atom. The molecule has 1 aromatic carbocycles. The van der Waals surface area contributed by atoms with Gasteiger partial charge in [-0.3, -0.25) is 9.59 Å². The first kappa shape index (κ1) is 28.4. The summed E-state index contributed by atoms with van der Waals surface area (Å²) >= 11 is 0.960. The first-order valence-electron chi connectivity index (χ1n) is 12.1. The van der Waals surface area contributed by atoms with E-state index in [2.05, 4.69) is 33.6 Å². The second-order valence-corrected chi connectivity index (χ2v) is 12.2. The molecule has 0 spiro atoms. The summed E-state index contributed by atoms with van der Waals surface area (Å²) in [5.74, 6) is 0.614. The van der Waals surface area contributed by atoms with Gasteiger partial charge in [0.25, 0.3) is 10.0 Å². The van der Waals surface area contributed by atoms with E-state index in [0.717, 1.165) is 37.8 Å². The zero-order valence-electron chi connectivity index (χ0n) is 21.4. The van der Waals surface area contributed by atoms with Crippen molar-refractivity contribution in [2.75, 3.05) is 46.1 Å². The van der Waals surface area contributed by atoms with Gasteiger partial charge >= 0.3 is 0 Å². The molecule has 3 rings (SSSR count). The van der Waals surface area contributed by atoms with Crippen molar-refractivity contribution in [2.45, 2.75) is 44.0 Å². The largest absolute Gasteiger partial charge is 0.494 e. The average Bonchev–Trinajstić information content (AvgIpc) is 3.30. The van der Waals surface area contributed by atoms with Gasteiger partial charge in [0.1, 0.15) is 11.6 Å². The number of sulfonamides is 1. The molecule has 0 amide bonds. The molecule has 198 valence electrons. The van der Waals surface area contributed by atoms with Gasteiger partial charge in [-0.2, -0.15) is 8.42 Å². The lowest BCUT2D eigenvalue weighted by atomic mass is 9.93. The maximum atomic E-state index is 12.8. The van der Waals surface area contributed by atoms with Gasteiger partial charge in [0.15, 0.2) is 10.9 Å². The Labute approximate surface area is 218 Å². The minimum absolute atomic E-state index is 0.0710. The van der Waals surface area contributed by atoms with Crippen molar-refractivity contribution in [1.82, 2.24) is 15.1 Å². The van der Waals surface area contributed by atoms with Crippen molar-refractivity contribution >= 4 is 38.5 Å². The molecule has 0 radical (unpaired) electrons. The van der Waals surface area contributed by atoms with Crippen LogP contribution in [0.2, 0.25) is 0 Å². The molecule has 1 saturated heterocycles. The molecular formula is C25H36N4O5S2. The summed E-state index contributed by atoms with van der Waals surface area (Å²) in [4.78, 5) is 28.2. The Morgan fingerprint density at radius 3 is 2.58 bits per heavy atom. The maximum absolute atomic E-state index is 12.8. The lowest BCUT2D eigenvalue weighted by molar-refractivity contribution is -0.114. The minimum atomic E-state index is -3.91. The number of amidine groups is 1. The number of likely N-dealkylation sites (tertiary alicyclic amines) is 1. The quantitative estimate of drug-likeness (QED) is 0.427. The summed E-state index contributed by atoms with van der Waals surface area (Å²) in [6, 6.07) is 6.89. The van der Waals surface area contributed by atoms with Gasteiger partial charge in [0, 0.05) is 44.2 Å². The fourth-order valence-corrected chi connectivity index (χ4v) is 5.76. The molecule has 1 N–H and O–H groups in total. The highest BCUT2D eigenvalue weighted by atomic mass is 32.2. The molecule has 11 heteroatoms.